The largest absolute Gasteiger partial charge is 0.416 e. The van der Waals surface area contributed by atoms with E-state index in [1.165, 1.54) is 28.6 Å². The van der Waals surface area contributed by atoms with Gasteiger partial charge in [-0.3, -0.25) is 0 Å². The van der Waals surface area contributed by atoms with Crippen LogP contribution in [0.2, 0.25) is 0 Å². The number of nitrogens with zero attached hydrogens (tertiary/aromatic N) is 4. The van der Waals surface area contributed by atoms with Crippen molar-refractivity contribution >= 4 is 11.8 Å². The molecule has 0 aliphatic carbocycles. The third-order valence-corrected chi connectivity index (χ3v) is 3.41. The standard InChI is InChI=1S/C10H10F3N5S/c1-18-9(15-16-17-18)19-7-2-3-8(10(11,12)13)6(4-7)5-14/h2-4H,5,14H2,1H3. The summed E-state index contributed by atoms with van der Waals surface area (Å²) >= 11 is 1.17. The third-order valence-electron chi connectivity index (χ3n) is 2.39. The maximum Gasteiger partial charge on any atom is 0.416 e. The number of alkyl halides is 3. The molecule has 0 atom stereocenters. The lowest BCUT2D eigenvalue weighted by molar-refractivity contribution is -0.138. The number of halogens is 3. The minimum Gasteiger partial charge on any atom is -0.326 e. The molecule has 2 N–H and O–H groups in total. The molecule has 0 amide bonds. The highest BCUT2D eigenvalue weighted by molar-refractivity contribution is 7.99. The molecule has 0 spiro atoms. The molecule has 0 saturated carbocycles. The molecule has 0 fully saturated rings. The molecule has 0 aliphatic heterocycles. The molecule has 0 bridgehead atoms. The second kappa shape index (κ2) is 5.17. The molecule has 0 unspecified atom stereocenters. The quantitative estimate of drug-likeness (QED) is 0.933. The first-order valence-corrected chi connectivity index (χ1v) is 6.04. The van der Waals surface area contributed by atoms with Crippen molar-refractivity contribution in [3.05, 3.63) is 29.3 Å². The van der Waals surface area contributed by atoms with Gasteiger partial charge in [-0.1, -0.05) is 0 Å². The monoisotopic (exact) mass is 289 g/mol. The SMILES string of the molecule is Cn1nnnc1Sc1ccc(C(F)(F)F)c(CN)c1. The molecule has 0 aliphatic rings. The molecule has 102 valence electrons. The van der Waals surface area contributed by atoms with Crippen LogP contribution in [0.5, 0.6) is 0 Å². The maximum atomic E-state index is 12.7. The van der Waals surface area contributed by atoms with Gasteiger partial charge in [-0.05, 0) is 46.0 Å². The smallest absolute Gasteiger partial charge is 0.326 e. The summed E-state index contributed by atoms with van der Waals surface area (Å²) in [4.78, 5) is 0.603. The molecule has 2 aromatic rings. The topological polar surface area (TPSA) is 69.6 Å². The minimum atomic E-state index is -4.40. The van der Waals surface area contributed by atoms with Gasteiger partial charge in [0.1, 0.15) is 0 Å². The molecule has 1 aromatic carbocycles. The van der Waals surface area contributed by atoms with Crippen LogP contribution in [0, 0.1) is 0 Å². The number of nitrogens with two attached hydrogens (primary N) is 1. The summed E-state index contributed by atoms with van der Waals surface area (Å²) in [5.74, 6) is 0. The fraction of sp³-hybridized carbons (Fsp3) is 0.300. The summed E-state index contributed by atoms with van der Waals surface area (Å²) in [7, 11) is 1.65. The molecule has 9 heteroatoms. The third kappa shape index (κ3) is 3.04. The van der Waals surface area contributed by atoms with Gasteiger partial charge in [0.2, 0.25) is 5.16 Å². The van der Waals surface area contributed by atoms with Crippen molar-refractivity contribution in [3.63, 3.8) is 0 Å². The number of aromatic nitrogens is 4. The Balaban J connectivity index is 2.32. The summed E-state index contributed by atoms with van der Waals surface area (Å²) in [6.07, 6.45) is -4.40. The summed E-state index contributed by atoms with van der Waals surface area (Å²) < 4.78 is 39.6. The predicted molar refractivity (Wildman–Crippen MR) is 62.3 cm³/mol. The second-order valence-corrected chi connectivity index (χ2v) is 4.75. The highest BCUT2D eigenvalue weighted by atomic mass is 32.2. The van der Waals surface area contributed by atoms with Crippen LogP contribution in [-0.4, -0.2) is 20.2 Å². The van der Waals surface area contributed by atoms with Crippen LogP contribution in [0.3, 0.4) is 0 Å². The zero-order chi connectivity index (χ0) is 14.0. The molecule has 5 nitrogen and oxygen atoms in total. The lowest BCUT2D eigenvalue weighted by Gasteiger charge is -2.12. The van der Waals surface area contributed by atoms with Crippen LogP contribution in [0.1, 0.15) is 11.1 Å². The van der Waals surface area contributed by atoms with Crippen molar-refractivity contribution in [2.45, 2.75) is 22.8 Å². The number of hydrogen-bond acceptors (Lipinski definition) is 5. The van der Waals surface area contributed by atoms with Gasteiger partial charge in [-0.25, -0.2) is 4.68 Å². The summed E-state index contributed by atoms with van der Waals surface area (Å²) in [5.41, 5.74) is 4.70. The van der Waals surface area contributed by atoms with E-state index in [4.69, 9.17) is 5.73 Å². The fourth-order valence-electron chi connectivity index (χ4n) is 1.49. The number of benzene rings is 1. The molecule has 1 heterocycles. The van der Waals surface area contributed by atoms with E-state index in [0.29, 0.717) is 10.1 Å². The number of aryl methyl sites for hydroxylation is 1. The van der Waals surface area contributed by atoms with E-state index >= 15 is 0 Å². The molecule has 0 radical (unpaired) electrons. The predicted octanol–water partition coefficient (Wildman–Crippen LogP) is 1.84. The Bertz CT molecular complexity index is 581. The highest BCUT2D eigenvalue weighted by Crippen LogP contribution is 2.35. The van der Waals surface area contributed by atoms with Gasteiger partial charge in [0.25, 0.3) is 0 Å². The zero-order valence-electron chi connectivity index (χ0n) is 9.85. The van der Waals surface area contributed by atoms with Crippen LogP contribution in [0.25, 0.3) is 0 Å². The average Bonchev–Trinajstić information content (AvgIpc) is 2.73. The van der Waals surface area contributed by atoms with Gasteiger partial charge in [-0.15, -0.1) is 5.10 Å². The first-order valence-electron chi connectivity index (χ1n) is 5.22. The van der Waals surface area contributed by atoms with E-state index in [9.17, 15) is 13.2 Å². The van der Waals surface area contributed by atoms with E-state index in [-0.39, 0.29) is 12.1 Å². The van der Waals surface area contributed by atoms with E-state index in [1.54, 1.807) is 7.05 Å². The van der Waals surface area contributed by atoms with E-state index in [1.807, 2.05) is 0 Å². The van der Waals surface area contributed by atoms with Crippen molar-refractivity contribution in [1.29, 1.82) is 0 Å². The van der Waals surface area contributed by atoms with Gasteiger partial charge in [0, 0.05) is 18.5 Å². The Hall–Kier alpha value is -1.61. The number of tetrazole rings is 1. The molecular weight excluding hydrogens is 279 g/mol. The van der Waals surface area contributed by atoms with Crippen molar-refractivity contribution < 1.29 is 13.2 Å². The molecule has 19 heavy (non-hydrogen) atoms. The minimum absolute atomic E-state index is 0.0487. The molecule has 2 rings (SSSR count). The zero-order valence-corrected chi connectivity index (χ0v) is 10.7. The first-order chi connectivity index (χ1) is 8.91. The first kappa shape index (κ1) is 13.8. The molecular formula is C10H10F3N5S. The summed E-state index contributed by atoms with van der Waals surface area (Å²) in [6, 6.07) is 3.80. The highest BCUT2D eigenvalue weighted by Gasteiger charge is 2.32. The second-order valence-electron chi connectivity index (χ2n) is 3.71. The van der Waals surface area contributed by atoms with Gasteiger partial charge in [-0.2, -0.15) is 13.2 Å². The van der Waals surface area contributed by atoms with Crippen LogP contribution >= 0.6 is 11.8 Å². The van der Waals surface area contributed by atoms with Gasteiger partial charge in [0.15, 0.2) is 0 Å². The van der Waals surface area contributed by atoms with Gasteiger partial charge in [0.05, 0.1) is 5.56 Å². The Morgan fingerprint density at radius 3 is 2.63 bits per heavy atom. The maximum absolute atomic E-state index is 12.7. The Morgan fingerprint density at radius 2 is 2.11 bits per heavy atom. The Labute approximate surface area is 111 Å². The normalized spacial score (nSPS) is 11.8. The van der Waals surface area contributed by atoms with Crippen LogP contribution < -0.4 is 5.73 Å². The van der Waals surface area contributed by atoms with Gasteiger partial charge < -0.3 is 5.73 Å². The number of hydrogen-bond donors (Lipinski definition) is 1. The number of rotatable bonds is 3. The van der Waals surface area contributed by atoms with Gasteiger partial charge >= 0.3 is 6.18 Å². The van der Waals surface area contributed by atoms with Crippen molar-refractivity contribution in [3.8, 4) is 0 Å². The van der Waals surface area contributed by atoms with Crippen molar-refractivity contribution in [1.82, 2.24) is 20.2 Å². The average molecular weight is 289 g/mol. The molecule has 1 aromatic heterocycles. The van der Waals surface area contributed by atoms with Crippen molar-refractivity contribution in [2.24, 2.45) is 12.8 Å². The van der Waals surface area contributed by atoms with Crippen LogP contribution in [0.15, 0.2) is 28.3 Å². The summed E-state index contributed by atoms with van der Waals surface area (Å²) in [6.45, 7) is -0.180. The summed E-state index contributed by atoms with van der Waals surface area (Å²) in [5, 5.41) is 11.3. The Morgan fingerprint density at radius 1 is 1.37 bits per heavy atom. The van der Waals surface area contributed by atoms with Crippen molar-refractivity contribution in [2.75, 3.05) is 0 Å². The lowest BCUT2D eigenvalue weighted by atomic mass is 10.1. The van der Waals surface area contributed by atoms with Crippen LogP contribution in [-0.2, 0) is 19.8 Å². The van der Waals surface area contributed by atoms with E-state index in [0.717, 1.165) is 6.07 Å². The lowest BCUT2D eigenvalue weighted by Crippen LogP contribution is -2.11. The van der Waals surface area contributed by atoms with Crippen LogP contribution in [0.4, 0.5) is 13.2 Å². The van der Waals surface area contributed by atoms with E-state index < -0.39 is 11.7 Å². The molecule has 0 saturated heterocycles. The Kier molecular flexibility index (Phi) is 3.76. The van der Waals surface area contributed by atoms with E-state index in [2.05, 4.69) is 15.5 Å². The fourth-order valence-corrected chi connectivity index (χ4v) is 2.29.